The SMILES string of the molecule is COC1C(C(=O)N(c2cc(Cl)cc(Cl)c2)[C@H]2CCNC[C@@H]2O)OC(CO)C(O)C1n1cc(-c2cc(F)c(F)c(F)c2)nn1. The van der Waals surface area contributed by atoms with Crippen LogP contribution in [0.3, 0.4) is 0 Å². The van der Waals surface area contributed by atoms with E-state index in [0.717, 1.165) is 16.8 Å². The Hall–Kier alpha value is -2.82. The Labute approximate surface area is 253 Å². The number of rotatable bonds is 7. The van der Waals surface area contributed by atoms with Gasteiger partial charge in [0.2, 0.25) is 0 Å². The third-order valence-electron chi connectivity index (χ3n) is 7.59. The van der Waals surface area contributed by atoms with Gasteiger partial charge in [0.15, 0.2) is 23.6 Å². The molecule has 5 unspecified atom stereocenters. The minimum absolute atomic E-state index is 0.0669. The zero-order valence-corrected chi connectivity index (χ0v) is 24.1. The second-order valence-corrected chi connectivity index (χ2v) is 11.1. The van der Waals surface area contributed by atoms with Crippen molar-refractivity contribution < 1.29 is 42.8 Å². The quantitative estimate of drug-likeness (QED) is 0.284. The average Bonchev–Trinajstić information content (AvgIpc) is 3.45. The number of amides is 1. The molecule has 16 heteroatoms. The molecule has 1 amide bonds. The van der Waals surface area contributed by atoms with Crippen LogP contribution in [0.1, 0.15) is 12.5 Å². The molecular weight excluding hydrogens is 618 g/mol. The molecule has 1 aromatic heterocycles. The molecule has 0 aliphatic carbocycles. The first kappa shape index (κ1) is 31.6. The number of aliphatic hydroxyl groups excluding tert-OH is 3. The highest BCUT2D eigenvalue weighted by molar-refractivity contribution is 6.35. The number of benzene rings is 2. The van der Waals surface area contributed by atoms with E-state index >= 15 is 0 Å². The standard InChI is InChI=1S/C27H28Cl2F3N5O6/c1-42-25-23(36-10-18(34-35-36)12-4-16(30)22(32)17(31)5-12)24(40)21(11-38)43-26(25)27(41)37(19-2-3-33-9-20(19)39)15-7-13(28)6-14(29)8-15/h4-8,10,19-21,23-26,33,38-40H,2-3,9,11H2,1H3/t19-,20-,21?,23?,24?,25?,26?/m0/s1. The molecular formula is C27H28Cl2F3N5O6. The van der Waals surface area contributed by atoms with Gasteiger partial charge in [-0.15, -0.1) is 5.10 Å². The first-order chi connectivity index (χ1) is 20.5. The maximum atomic E-state index is 14.4. The summed E-state index contributed by atoms with van der Waals surface area (Å²) in [5.41, 5.74) is 0.0785. The van der Waals surface area contributed by atoms with Crippen molar-refractivity contribution in [1.29, 1.82) is 0 Å². The first-order valence-electron chi connectivity index (χ1n) is 13.3. The summed E-state index contributed by atoms with van der Waals surface area (Å²) in [5.74, 6) is -5.20. The van der Waals surface area contributed by atoms with Gasteiger partial charge in [-0.1, -0.05) is 28.4 Å². The number of methoxy groups -OCH3 is 1. The van der Waals surface area contributed by atoms with Crippen LogP contribution in [0.25, 0.3) is 11.3 Å². The molecule has 5 rings (SSSR count). The van der Waals surface area contributed by atoms with Crippen LogP contribution in [0.2, 0.25) is 10.0 Å². The van der Waals surface area contributed by atoms with Crippen LogP contribution in [0.5, 0.6) is 0 Å². The van der Waals surface area contributed by atoms with Crippen LogP contribution >= 0.6 is 23.2 Å². The van der Waals surface area contributed by atoms with Crippen molar-refractivity contribution >= 4 is 34.8 Å². The summed E-state index contributed by atoms with van der Waals surface area (Å²) in [6.07, 6.45) is -4.91. The average molecular weight is 646 g/mol. The molecule has 3 aromatic rings. The van der Waals surface area contributed by atoms with Crippen LogP contribution in [0.4, 0.5) is 18.9 Å². The number of nitrogens with one attached hydrogen (secondary N) is 1. The predicted octanol–water partition coefficient (Wildman–Crippen LogP) is 2.10. The number of nitrogens with zero attached hydrogens (tertiary/aromatic N) is 4. The lowest BCUT2D eigenvalue weighted by Gasteiger charge is -2.46. The Morgan fingerprint density at radius 3 is 2.44 bits per heavy atom. The summed E-state index contributed by atoms with van der Waals surface area (Å²) in [5, 5.41) is 43.5. The maximum Gasteiger partial charge on any atom is 0.259 e. The normalized spacial score (nSPS) is 27.7. The van der Waals surface area contributed by atoms with E-state index in [4.69, 9.17) is 32.7 Å². The van der Waals surface area contributed by atoms with Gasteiger partial charge < -0.3 is 35.0 Å². The molecule has 2 aliphatic rings. The fourth-order valence-electron chi connectivity index (χ4n) is 5.54. The van der Waals surface area contributed by atoms with Crippen molar-refractivity contribution in [2.75, 3.05) is 31.7 Å². The molecule has 11 nitrogen and oxygen atoms in total. The maximum absolute atomic E-state index is 14.4. The number of carbonyl (C=O) groups excluding carboxylic acids is 1. The van der Waals surface area contributed by atoms with Gasteiger partial charge in [0.25, 0.3) is 5.91 Å². The van der Waals surface area contributed by atoms with E-state index < -0.39 is 72.6 Å². The lowest BCUT2D eigenvalue weighted by Crippen LogP contribution is -2.64. The van der Waals surface area contributed by atoms with E-state index in [1.54, 1.807) is 0 Å². The number of halogens is 5. The summed E-state index contributed by atoms with van der Waals surface area (Å²) in [6, 6.07) is 4.03. The zero-order chi connectivity index (χ0) is 31.0. The lowest BCUT2D eigenvalue weighted by atomic mass is 9.90. The van der Waals surface area contributed by atoms with Crippen LogP contribution in [-0.2, 0) is 14.3 Å². The fourth-order valence-corrected chi connectivity index (χ4v) is 6.06. The van der Waals surface area contributed by atoms with Crippen LogP contribution in [-0.4, -0.2) is 99.6 Å². The van der Waals surface area contributed by atoms with Gasteiger partial charge in [0, 0.05) is 35.0 Å². The summed E-state index contributed by atoms with van der Waals surface area (Å²) in [6.45, 7) is -0.00633. The molecule has 0 radical (unpaired) electrons. The van der Waals surface area contributed by atoms with Crippen molar-refractivity contribution in [2.24, 2.45) is 0 Å². The van der Waals surface area contributed by atoms with E-state index in [9.17, 15) is 33.3 Å². The van der Waals surface area contributed by atoms with Crippen molar-refractivity contribution in [3.05, 3.63) is 64.0 Å². The highest BCUT2D eigenvalue weighted by atomic mass is 35.5. The van der Waals surface area contributed by atoms with E-state index in [1.807, 2.05) is 0 Å². The minimum Gasteiger partial charge on any atom is -0.394 e. The van der Waals surface area contributed by atoms with E-state index in [0.29, 0.717) is 13.0 Å². The highest BCUT2D eigenvalue weighted by Crippen LogP contribution is 2.36. The van der Waals surface area contributed by atoms with E-state index in [1.165, 1.54) is 36.4 Å². The number of aromatic nitrogens is 3. The summed E-state index contributed by atoms with van der Waals surface area (Å²) in [4.78, 5) is 15.7. The molecule has 2 fully saturated rings. The van der Waals surface area contributed by atoms with E-state index in [2.05, 4.69) is 15.6 Å². The monoisotopic (exact) mass is 645 g/mol. The second-order valence-electron chi connectivity index (χ2n) is 10.3. The number of anilines is 1. The molecule has 3 heterocycles. The number of hydrogen-bond acceptors (Lipinski definition) is 9. The lowest BCUT2D eigenvalue weighted by molar-refractivity contribution is -0.211. The van der Waals surface area contributed by atoms with Crippen LogP contribution < -0.4 is 10.2 Å². The molecule has 232 valence electrons. The highest BCUT2D eigenvalue weighted by Gasteiger charge is 2.52. The number of β-amino-alcohol motifs (C(OH)–C–C–N with tert-alkyl or cyclic N) is 1. The molecule has 4 N–H and O–H groups in total. The number of carbonyl (C=O) groups is 1. The molecule has 2 saturated heterocycles. The Bertz CT molecular complexity index is 1440. The molecule has 2 aromatic carbocycles. The molecule has 7 atom stereocenters. The predicted molar refractivity (Wildman–Crippen MR) is 148 cm³/mol. The Balaban J connectivity index is 1.55. The van der Waals surface area contributed by atoms with Gasteiger partial charge in [-0.05, 0) is 43.3 Å². The Kier molecular flexibility index (Phi) is 9.58. The van der Waals surface area contributed by atoms with Gasteiger partial charge in [-0.3, -0.25) is 4.79 Å². The van der Waals surface area contributed by atoms with Crippen molar-refractivity contribution in [2.45, 2.75) is 49.0 Å². The largest absolute Gasteiger partial charge is 0.394 e. The third-order valence-corrected chi connectivity index (χ3v) is 8.02. The van der Waals surface area contributed by atoms with Gasteiger partial charge in [0.1, 0.15) is 30.0 Å². The van der Waals surface area contributed by atoms with Gasteiger partial charge in [0.05, 0.1) is 24.9 Å². The summed E-state index contributed by atoms with van der Waals surface area (Å²) < 4.78 is 54.0. The molecule has 43 heavy (non-hydrogen) atoms. The molecule has 0 saturated carbocycles. The van der Waals surface area contributed by atoms with Crippen LogP contribution in [0.15, 0.2) is 36.5 Å². The van der Waals surface area contributed by atoms with Crippen molar-refractivity contribution in [3.63, 3.8) is 0 Å². The molecule has 2 aliphatic heterocycles. The molecule has 0 bridgehead atoms. The van der Waals surface area contributed by atoms with Gasteiger partial charge in [-0.2, -0.15) is 0 Å². The van der Waals surface area contributed by atoms with Crippen molar-refractivity contribution in [1.82, 2.24) is 20.3 Å². The topological polar surface area (TPSA) is 142 Å². The minimum atomic E-state index is -1.65. The fraction of sp³-hybridized carbons (Fsp3) is 0.444. The number of ether oxygens (including phenoxy) is 2. The smallest absolute Gasteiger partial charge is 0.259 e. The number of hydrogen-bond donors (Lipinski definition) is 4. The summed E-state index contributed by atoms with van der Waals surface area (Å²) in [7, 11) is 1.27. The zero-order valence-electron chi connectivity index (χ0n) is 22.6. The van der Waals surface area contributed by atoms with Crippen LogP contribution in [0, 0.1) is 17.5 Å². The third kappa shape index (κ3) is 6.24. The number of aliphatic hydroxyl groups is 3. The summed E-state index contributed by atoms with van der Waals surface area (Å²) >= 11 is 12.5. The van der Waals surface area contributed by atoms with E-state index in [-0.39, 0.29) is 33.5 Å². The number of piperidine rings is 1. The second kappa shape index (κ2) is 13.0. The first-order valence-corrected chi connectivity index (χ1v) is 14.0. The van der Waals surface area contributed by atoms with Gasteiger partial charge >= 0.3 is 0 Å². The molecule has 0 spiro atoms. The van der Waals surface area contributed by atoms with Crippen molar-refractivity contribution in [3.8, 4) is 11.3 Å². The van der Waals surface area contributed by atoms with Gasteiger partial charge in [-0.25, -0.2) is 17.9 Å². The Morgan fingerprint density at radius 2 is 1.84 bits per heavy atom. The Morgan fingerprint density at radius 1 is 1.16 bits per heavy atom.